The summed E-state index contributed by atoms with van der Waals surface area (Å²) >= 11 is 7.46. The van der Waals surface area contributed by atoms with Gasteiger partial charge in [-0.25, -0.2) is 0 Å². The van der Waals surface area contributed by atoms with E-state index in [0.29, 0.717) is 36.0 Å². The highest BCUT2D eigenvalue weighted by Gasteiger charge is 2.20. The van der Waals surface area contributed by atoms with Gasteiger partial charge in [-0.1, -0.05) is 29.8 Å². The van der Waals surface area contributed by atoms with Crippen molar-refractivity contribution >= 4 is 34.8 Å². The Morgan fingerprint density at radius 3 is 2.62 bits per heavy atom. The summed E-state index contributed by atoms with van der Waals surface area (Å²) in [5.74, 6) is 0.162. The lowest BCUT2D eigenvalue weighted by Crippen LogP contribution is -2.30. The van der Waals surface area contributed by atoms with Gasteiger partial charge in [0.1, 0.15) is 0 Å². The lowest BCUT2D eigenvalue weighted by Gasteiger charge is -2.21. The molecule has 0 radical (unpaired) electrons. The van der Waals surface area contributed by atoms with E-state index in [2.05, 4.69) is 6.58 Å². The molecule has 1 saturated heterocycles. The summed E-state index contributed by atoms with van der Waals surface area (Å²) < 4.78 is 0.715. The van der Waals surface area contributed by atoms with Gasteiger partial charge in [-0.2, -0.15) is 0 Å². The number of hydrogen-bond acceptors (Lipinski definition) is 3. The maximum absolute atomic E-state index is 12.8. The van der Waals surface area contributed by atoms with Crippen molar-refractivity contribution in [3.05, 3.63) is 69.4 Å². The number of amides is 2. The first kappa shape index (κ1) is 18.7. The van der Waals surface area contributed by atoms with E-state index in [1.807, 2.05) is 41.3 Å². The van der Waals surface area contributed by atoms with Gasteiger partial charge in [-0.05, 0) is 36.2 Å². The van der Waals surface area contributed by atoms with Crippen molar-refractivity contribution in [2.75, 3.05) is 13.1 Å². The normalized spacial score (nSPS) is 13.9. The van der Waals surface area contributed by atoms with Gasteiger partial charge in [-0.3, -0.25) is 9.59 Å². The van der Waals surface area contributed by atoms with Crippen LogP contribution in [0.4, 0.5) is 0 Å². The summed E-state index contributed by atoms with van der Waals surface area (Å²) in [6.45, 7) is 6.15. The largest absolute Gasteiger partial charge is 0.338 e. The van der Waals surface area contributed by atoms with Crippen LogP contribution in [0.25, 0.3) is 0 Å². The third-order valence-electron chi connectivity index (χ3n) is 4.36. The maximum Gasteiger partial charge on any atom is 0.254 e. The van der Waals surface area contributed by atoms with Gasteiger partial charge in [0.15, 0.2) is 0 Å². The SMILES string of the molecule is C=CCN(Cc1ccc(Cl)s1)C(=O)c1ccc(CN2CCCC2=O)cc1. The molecule has 3 rings (SSSR count). The molecule has 2 heterocycles. The number of halogens is 1. The molecule has 1 aromatic heterocycles. The lowest BCUT2D eigenvalue weighted by atomic mass is 10.1. The van der Waals surface area contributed by atoms with Gasteiger partial charge in [0.25, 0.3) is 5.91 Å². The number of thiophene rings is 1. The van der Waals surface area contributed by atoms with Crippen LogP contribution in [0.15, 0.2) is 49.1 Å². The Morgan fingerprint density at radius 2 is 2.04 bits per heavy atom. The zero-order valence-electron chi connectivity index (χ0n) is 14.5. The number of benzene rings is 1. The smallest absolute Gasteiger partial charge is 0.254 e. The molecule has 0 N–H and O–H groups in total. The average molecular weight is 389 g/mol. The summed E-state index contributed by atoms with van der Waals surface area (Å²) in [6, 6.07) is 11.3. The minimum absolute atomic E-state index is 0.0433. The first-order chi connectivity index (χ1) is 12.6. The molecule has 0 bridgehead atoms. The molecule has 1 fully saturated rings. The second kappa shape index (κ2) is 8.52. The van der Waals surface area contributed by atoms with E-state index in [9.17, 15) is 9.59 Å². The van der Waals surface area contributed by atoms with Crippen LogP contribution in [0, 0.1) is 0 Å². The van der Waals surface area contributed by atoms with E-state index >= 15 is 0 Å². The molecular weight excluding hydrogens is 368 g/mol. The monoisotopic (exact) mass is 388 g/mol. The standard InChI is InChI=1S/C20H21ClN2O2S/c1-2-11-23(14-17-9-10-18(21)26-17)20(25)16-7-5-15(6-8-16)13-22-12-3-4-19(22)24/h2,5-10H,1,3-4,11-14H2. The second-order valence-electron chi connectivity index (χ2n) is 6.30. The Labute approximate surface area is 162 Å². The minimum atomic E-state index is -0.0433. The van der Waals surface area contributed by atoms with E-state index in [-0.39, 0.29) is 11.8 Å². The highest BCUT2D eigenvalue weighted by Crippen LogP contribution is 2.23. The van der Waals surface area contributed by atoms with Crippen molar-refractivity contribution in [1.82, 2.24) is 9.80 Å². The lowest BCUT2D eigenvalue weighted by molar-refractivity contribution is -0.128. The molecule has 26 heavy (non-hydrogen) atoms. The molecular formula is C20H21ClN2O2S. The Hall–Kier alpha value is -2.11. The molecule has 4 nitrogen and oxygen atoms in total. The Morgan fingerprint density at radius 1 is 1.27 bits per heavy atom. The Kier molecular flexibility index (Phi) is 6.12. The molecule has 136 valence electrons. The third-order valence-corrected chi connectivity index (χ3v) is 5.57. The van der Waals surface area contributed by atoms with Crippen molar-refractivity contribution in [3.8, 4) is 0 Å². The van der Waals surface area contributed by atoms with E-state index in [4.69, 9.17) is 11.6 Å². The van der Waals surface area contributed by atoms with Crippen molar-refractivity contribution in [2.45, 2.75) is 25.9 Å². The number of rotatable bonds is 7. The summed E-state index contributed by atoms with van der Waals surface area (Å²) in [4.78, 5) is 29.2. The highest BCUT2D eigenvalue weighted by molar-refractivity contribution is 7.16. The predicted molar refractivity (Wildman–Crippen MR) is 105 cm³/mol. The average Bonchev–Trinajstić information content (AvgIpc) is 3.23. The first-order valence-electron chi connectivity index (χ1n) is 8.58. The summed E-state index contributed by atoms with van der Waals surface area (Å²) in [5, 5.41) is 0. The molecule has 0 unspecified atom stereocenters. The summed E-state index contributed by atoms with van der Waals surface area (Å²) in [7, 11) is 0. The molecule has 0 saturated carbocycles. The van der Waals surface area contributed by atoms with Crippen molar-refractivity contribution in [1.29, 1.82) is 0 Å². The topological polar surface area (TPSA) is 40.6 Å². The van der Waals surface area contributed by atoms with Crippen molar-refractivity contribution < 1.29 is 9.59 Å². The van der Waals surface area contributed by atoms with Gasteiger partial charge in [0.2, 0.25) is 5.91 Å². The van der Waals surface area contributed by atoms with Gasteiger partial charge >= 0.3 is 0 Å². The van der Waals surface area contributed by atoms with E-state index in [1.54, 1.807) is 11.0 Å². The molecule has 2 aromatic rings. The minimum Gasteiger partial charge on any atom is -0.338 e. The number of nitrogens with zero attached hydrogens (tertiary/aromatic N) is 2. The predicted octanol–water partition coefficient (Wildman–Crippen LogP) is 4.35. The van der Waals surface area contributed by atoms with Crippen LogP contribution >= 0.6 is 22.9 Å². The quantitative estimate of drug-likeness (QED) is 0.661. The number of hydrogen-bond donors (Lipinski definition) is 0. The molecule has 0 atom stereocenters. The molecule has 6 heteroatoms. The van der Waals surface area contributed by atoms with Crippen LogP contribution < -0.4 is 0 Å². The zero-order valence-corrected chi connectivity index (χ0v) is 16.1. The molecule has 0 spiro atoms. The van der Waals surface area contributed by atoms with Gasteiger partial charge < -0.3 is 9.80 Å². The fourth-order valence-electron chi connectivity index (χ4n) is 3.03. The molecule has 2 amide bonds. The van der Waals surface area contributed by atoms with Crippen molar-refractivity contribution in [2.24, 2.45) is 0 Å². The fraction of sp³-hybridized carbons (Fsp3) is 0.300. The van der Waals surface area contributed by atoms with Gasteiger partial charge in [0, 0.05) is 36.5 Å². The van der Waals surface area contributed by atoms with Crippen LogP contribution in [0.2, 0.25) is 4.34 Å². The fourth-order valence-corrected chi connectivity index (χ4v) is 4.13. The summed E-state index contributed by atoms with van der Waals surface area (Å²) in [6.07, 6.45) is 3.29. The van der Waals surface area contributed by atoms with Crippen LogP contribution in [0.3, 0.4) is 0 Å². The van der Waals surface area contributed by atoms with Crippen LogP contribution in [-0.4, -0.2) is 34.7 Å². The van der Waals surface area contributed by atoms with Crippen LogP contribution in [0.1, 0.15) is 33.6 Å². The Balaban J connectivity index is 1.68. The zero-order chi connectivity index (χ0) is 18.5. The molecule has 0 aliphatic carbocycles. The van der Waals surface area contributed by atoms with Gasteiger partial charge in [0.05, 0.1) is 10.9 Å². The van der Waals surface area contributed by atoms with E-state index < -0.39 is 0 Å². The van der Waals surface area contributed by atoms with E-state index in [0.717, 1.165) is 23.4 Å². The molecule has 1 aliphatic heterocycles. The molecule has 1 aliphatic rings. The maximum atomic E-state index is 12.8. The number of carbonyl (C=O) groups excluding carboxylic acids is 2. The van der Waals surface area contributed by atoms with Crippen LogP contribution in [0.5, 0.6) is 0 Å². The highest BCUT2D eigenvalue weighted by atomic mass is 35.5. The molecule has 1 aromatic carbocycles. The summed E-state index contributed by atoms with van der Waals surface area (Å²) in [5.41, 5.74) is 1.67. The van der Waals surface area contributed by atoms with E-state index in [1.165, 1.54) is 11.3 Å². The first-order valence-corrected chi connectivity index (χ1v) is 9.77. The third kappa shape index (κ3) is 4.54. The number of carbonyl (C=O) groups is 2. The van der Waals surface area contributed by atoms with Gasteiger partial charge in [-0.15, -0.1) is 17.9 Å². The second-order valence-corrected chi connectivity index (χ2v) is 8.10. The van der Waals surface area contributed by atoms with Crippen LogP contribution in [-0.2, 0) is 17.9 Å². The van der Waals surface area contributed by atoms with Crippen molar-refractivity contribution in [3.63, 3.8) is 0 Å². The number of likely N-dealkylation sites (tertiary alicyclic amines) is 1. The Bertz CT molecular complexity index is 800.